The van der Waals surface area contributed by atoms with Gasteiger partial charge in [0.2, 0.25) is 10.0 Å². The van der Waals surface area contributed by atoms with E-state index in [1.54, 1.807) is 78.9 Å². The third-order valence-corrected chi connectivity index (χ3v) is 8.05. The van der Waals surface area contributed by atoms with Gasteiger partial charge >= 0.3 is 0 Å². The van der Waals surface area contributed by atoms with E-state index < -0.39 is 28.4 Å². The van der Waals surface area contributed by atoms with Gasteiger partial charge in [0.15, 0.2) is 0 Å². The first-order chi connectivity index (χ1) is 15.9. The summed E-state index contributed by atoms with van der Waals surface area (Å²) in [6.07, 6.45) is 0.898. The summed E-state index contributed by atoms with van der Waals surface area (Å²) >= 11 is 0. The lowest BCUT2D eigenvalue weighted by Crippen LogP contribution is -2.50. The minimum absolute atomic E-state index is 0.0613. The third-order valence-electron chi connectivity index (χ3n) is 6.16. The second kappa shape index (κ2) is 8.32. The summed E-state index contributed by atoms with van der Waals surface area (Å²) in [5.41, 5.74) is 1.99. The van der Waals surface area contributed by atoms with Crippen LogP contribution in [0, 0.1) is 0 Å². The van der Waals surface area contributed by atoms with Crippen LogP contribution < -0.4 is 0 Å². The second-order valence-corrected chi connectivity index (χ2v) is 10.2. The van der Waals surface area contributed by atoms with E-state index in [0.29, 0.717) is 22.1 Å². The predicted octanol–water partition coefficient (Wildman–Crippen LogP) is 5.23. The van der Waals surface area contributed by atoms with Crippen LogP contribution in [0.5, 0.6) is 0 Å². The van der Waals surface area contributed by atoms with Crippen molar-refractivity contribution in [3.63, 3.8) is 0 Å². The molecule has 1 unspecified atom stereocenters. The number of fused-ring (bicyclic) bond motifs is 2. The lowest BCUT2D eigenvalue weighted by Gasteiger charge is -2.34. The maximum absolute atomic E-state index is 15.8. The van der Waals surface area contributed by atoms with E-state index in [2.05, 4.69) is 4.98 Å². The molecule has 0 saturated carbocycles. The molecule has 33 heavy (non-hydrogen) atoms. The number of nitrogens with zero attached hydrogens (tertiary/aromatic N) is 2. The molecule has 1 atom stereocenters. The van der Waals surface area contributed by atoms with Crippen LogP contribution in [0.15, 0.2) is 96.0 Å². The topological polar surface area (TPSA) is 50.3 Å². The number of para-hydroxylation sites is 1. The van der Waals surface area contributed by atoms with Gasteiger partial charge in [0, 0.05) is 24.5 Å². The van der Waals surface area contributed by atoms with Gasteiger partial charge in [-0.15, -0.1) is 0 Å². The van der Waals surface area contributed by atoms with Crippen LogP contribution in [0.25, 0.3) is 10.9 Å². The highest BCUT2D eigenvalue weighted by Gasteiger charge is 2.50. The molecule has 0 amide bonds. The highest BCUT2D eigenvalue weighted by Crippen LogP contribution is 2.39. The first-order valence-electron chi connectivity index (χ1n) is 10.7. The maximum Gasteiger partial charge on any atom is 0.268 e. The maximum atomic E-state index is 15.8. The molecule has 0 spiro atoms. The molecule has 3 aromatic carbocycles. The molecule has 5 rings (SSSR count). The Kier molecular flexibility index (Phi) is 5.46. The van der Waals surface area contributed by atoms with Crippen molar-refractivity contribution in [1.29, 1.82) is 0 Å². The molecule has 7 heteroatoms. The van der Waals surface area contributed by atoms with E-state index in [-0.39, 0.29) is 23.4 Å². The zero-order valence-electron chi connectivity index (χ0n) is 17.7. The fourth-order valence-electron chi connectivity index (χ4n) is 4.50. The molecule has 0 radical (unpaired) electrons. The van der Waals surface area contributed by atoms with Crippen LogP contribution in [0.1, 0.15) is 16.7 Å². The van der Waals surface area contributed by atoms with Crippen molar-refractivity contribution in [2.45, 2.75) is 36.2 Å². The van der Waals surface area contributed by atoms with Crippen molar-refractivity contribution in [2.75, 3.05) is 0 Å². The van der Waals surface area contributed by atoms with Crippen LogP contribution in [0.2, 0.25) is 0 Å². The molecular formula is C26H22F2N2O2S. The molecule has 0 bridgehead atoms. The molecule has 168 valence electrons. The molecule has 0 saturated heterocycles. The highest BCUT2D eigenvalue weighted by atomic mass is 32.2. The van der Waals surface area contributed by atoms with Crippen molar-refractivity contribution in [1.82, 2.24) is 9.29 Å². The number of hydrogen-bond acceptors (Lipinski definition) is 3. The largest absolute Gasteiger partial charge is 0.268 e. The Hall–Kier alpha value is -3.16. The minimum atomic E-state index is -4.30. The summed E-state index contributed by atoms with van der Waals surface area (Å²) in [4.78, 5) is 4.20. The summed E-state index contributed by atoms with van der Waals surface area (Å²) < 4.78 is 60.6. The molecule has 4 aromatic rings. The summed E-state index contributed by atoms with van der Waals surface area (Å²) in [5.74, 6) is -3.27. The van der Waals surface area contributed by atoms with Crippen molar-refractivity contribution >= 4 is 20.9 Å². The van der Waals surface area contributed by atoms with Gasteiger partial charge in [-0.3, -0.25) is 4.98 Å². The smallest absolute Gasteiger partial charge is 0.255 e. The minimum Gasteiger partial charge on any atom is -0.255 e. The van der Waals surface area contributed by atoms with Crippen LogP contribution in [0.3, 0.4) is 0 Å². The fraction of sp³-hybridized carbons (Fsp3) is 0.192. The molecule has 4 nitrogen and oxygen atoms in total. The van der Waals surface area contributed by atoms with E-state index in [4.69, 9.17) is 0 Å². The summed E-state index contributed by atoms with van der Waals surface area (Å²) in [7, 11) is -4.30. The Labute approximate surface area is 191 Å². The van der Waals surface area contributed by atoms with E-state index >= 15 is 8.78 Å². The quantitative estimate of drug-likeness (QED) is 0.416. The Morgan fingerprint density at radius 1 is 0.879 bits per heavy atom. The Balaban J connectivity index is 1.69. The van der Waals surface area contributed by atoms with Gasteiger partial charge < -0.3 is 0 Å². The molecule has 0 N–H and O–H groups in total. The van der Waals surface area contributed by atoms with Gasteiger partial charge in [0.1, 0.15) is 4.90 Å². The highest BCUT2D eigenvalue weighted by molar-refractivity contribution is 7.89. The lowest BCUT2D eigenvalue weighted by molar-refractivity contribution is -0.0574. The number of halogens is 2. The Morgan fingerprint density at radius 3 is 2.36 bits per heavy atom. The molecule has 2 heterocycles. The van der Waals surface area contributed by atoms with E-state index in [1.807, 2.05) is 0 Å². The number of benzene rings is 3. The number of rotatable bonds is 4. The van der Waals surface area contributed by atoms with Crippen molar-refractivity contribution in [3.8, 4) is 0 Å². The SMILES string of the molecule is O=S(=O)(c1cccc2cccnc12)N1Cc2ccccc2CC(F)(F)C1Cc1ccccc1. The third kappa shape index (κ3) is 4.03. The van der Waals surface area contributed by atoms with Gasteiger partial charge in [-0.2, -0.15) is 4.31 Å². The van der Waals surface area contributed by atoms with E-state index in [1.165, 1.54) is 12.3 Å². The average Bonchev–Trinajstić information content (AvgIpc) is 2.93. The number of alkyl halides is 2. The van der Waals surface area contributed by atoms with Crippen molar-refractivity contribution < 1.29 is 17.2 Å². The number of hydrogen-bond donors (Lipinski definition) is 0. The average molecular weight is 465 g/mol. The lowest BCUT2D eigenvalue weighted by atomic mass is 9.96. The zero-order valence-corrected chi connectivity index (χ0v) is 18.6. The van der Waals surface area contributed by atoms with Gasteiger partial charge in [0.05, 0.1) is 11.6 Å². The monoisotopic (exact) mass is 464 g/mol. The van der Waals surface area contributed by atoms with Gasteiger partial charge in [0.25, 0.3) is 5.92 Å². The number of sulfonamides is 1. The van der Waals surface area contributed by atoms with E-state index in [9.17, 15) is 8.42 Å². The van der Waals surface area contributed by atoms with Crippen LogP contribution in [0.4, 0.5) is 8.78 Å². The number of aromatic nitrogens is 1. The summed E-state index contributed by atoms with van der Waals surface area (Å²) in [5, 5.41) is 0.639. The molecular weight excluding hydrogens is 442 g/mol. The van der Waals surface area contributed by atoms with Gasteiger partial charge in [-0.1, -0.05) is 72.8 Å². The first-order valence-corrected chi connectivity index (χ1v) is 12.1. The number of pyridine rings is 1. The van der Waals surface area contributed by atoms with Gasteiger partial charge in [-0.05, 0) is 35.2 Å². The standard InChI is InChI=1S/C26H22F2N2O2S/c27-26(28)17-21-10-4-5-11-22(21)18-30(24(26)16-19-8-2-1-3-9-19)33(31,32)23-14-6-12-20-13-7-15-29-25(20)23/h1-15,24H,16-18H2. The molecule has 0 fully saturated rings. The summed E-state index contributed by atoms with van der Waals surface area (Å²) in [6, 6.07) is 22.4. The second-order valence-electron chi connectivity index (χ2n) is 8.29. The van der Waals surface area contributed by atoms with Crippen LogP contribution in [-0.2, 0) is 29.4 Å². The molecule has 1 aliphatic heterocycles. The van der Waals surface area contributed by atoms with Crippen molar-refractivity contribution in [3.05, 3.63) is 108 Å². The molecule has 0 aliphatic carbocycles. The molecule has 1 aromatic heterocycles. The zero-order chi connectivity index (χ0) is 23.1. The first kappa shape index (κ1) is 21.7. The van der Waals surface area contributed by atoms with Crippen molar-refractivity contribution in [2.24, 2.45) is 0 Å². The van der Waals surface area contributed by atoms with Crippen LogP contribution in [-0.4, -0.2) is 29.7 Å². The Morgan fingerprint density at radius 2 is 1.58 bits per heavy atom. The normalized spacial score (nSPS) is 18.5. The fourth-order valence-corrected chi connectivity index (χ4v) is 6.29. The van der Waals surface area contributed by atoms with Gasteiger partial charge in [-0.25, -0.2) is 17.2 Å². The molecule has 1 aliphatic rings. The summed E-state index contributed by atoms with van der Waals surface area (Å²) in [6.45, 7) is -0.130. The van der Waals surface area contributed by atoms with Crippen LogP contribution >= 0.6 is 0 Å². The predicted molar refractivity (Wildman–Crippen MR) is 123 cm³/mol. The Bertz CT molecular complexity index is 1400. The van der Waals surface area contributed by atoms with E-state index in [0.717, 1.165) is 4.31 Å².